The number of hydrogen-bond donors (Lipinski definition) is 1. The van der Waals surface area contributed by atoms with E-state index < -0.39 is 0 Å². The first kappa shape index (κ1) is 18.8. The van der Waals surface area contributed by atoms with E-state index in [1.807, 2.05) is 12.3 Å². The van der Waals surface area contributed by atoms with Crippen molar-refractivity contribution in [1.82, 2.24) is 14.8 Å². The highest BCUT2D eigenvalue weighted by Crippen LogP contribution is 2.27. The molecule has 0 radical (unpaired) electrons. The largest absolute Gasteiger partial charge is 0.396 e. The molecule has 1 aliphatic heterocycles. The lowest BCUT2D eigenvalue weighted by molar-refractivity contribution is 0.0505. The van der Waals surface area contributed by atoms with Gasteiger partial charge in [-0.1, -0.05) is 30.3 Å². The van der Waals surface area contributed by atoms with Crippen LogP contribution in [0.25, 0.3) is 10.6 Å². The van der Waals surface area contributed by atoms with Crippen molar-refractivity contribution in [3.63, 3.8) is 0 Å². The van der Waals surface area contributed by atoms with E-state index >= 15 is 0 Å². The number of hydrogen-bond acceptors (Lipinski definition) is 6. The first-order valence-electron chi connectivity index (χ1n) is 9.40. The molecule has 0 aliphatic carbocycles. The summed E-state index contributed by atoms with van der Waals surface area (Å²) in [5, 5.41) is 15.0. The van der Waals surface area contributed by atoms with E-state index in [1.54, 1.807) is 22.7 Å². The number of piperazine rings is 1. The van der Waals surface area contributed by atoms with Gasteiger partial charge in [-0.3, -0.25) is 9.80 Å². The topological polar surface area (TPSA) is 39.6 Å². The van der Waals surface area contributed by atoms with E-state index in [-0.39, 0.29) is 6.61 Å². The Hall–Kier alpha value is -1.57. The summed E-state index contributed by atoms with van der Waals surface area (Å²) in [4.78, 5) is 11.0. The summed E-state index contributed by atoms with van der Waals surface area (Å²) in [6.07, 6.45) is 2.85. The molecule has 1 N–H and O–H groups in total. The Morgan fingerprint density at radius 2 is 2.00 bits per heavy atom. The van der Waals surface area contributed by atoms with Gasteiger partial charge >= 0.3 is 0 Å². The van der Waals surface area contributed by atoms with Crippen LogP contribution in [0.4, 0.5) is 0 Å². The van der Waals surface area contributed by atoms with Crippen molar-refractivity contribution in [3.8, 4) is 10.6 Å². The predicted octanol–water partition coefficient (Wildman–Crippen LogP) is 3.94. The molecule has 6 heteroatoms. The third-order valence-electron chi connectivity index (χ3n) is 5.07. The summed E-state index contributed by atoms with van der Waals surface area (Å²) < 4.78 is 0. The Kier molecular flexibility index (Phi) is 6.32. The minimum atomic E-state index is 0.247. The van der Waals surface area contributed by atoms with Crippen molar-refractivity contribution in [3.05, 3.63) is 63.8 Å². The van der Waals surface area contributed by atoms with Crippen LogP contribution in [0.2, 0.25) is 0 Å². The van der Waals surface area contributed by atoms with Crippen LogP contribution in [0.15, 0.2) is 53.4 Å². The van der Waals surface area contributed by atoms with E-state index in [0.717, 1.165) is 44.2 Å². The van der Waals surface area contributed by atoms with Gasteiger partial charge in [0.05, 0.1) is 0 Å². The van der Waals surface area contributed by atoms with E-state index in [0.29, 0.717) is 6.04 Å². The molecule has 4 rings (SSSR count). The Labute approximate surface area is 168 Å². The van der Waals surface area contributed by atoms with Crippen LogP contribution in [-0.4, -0.2) is 52.2 Å². The molecule has 3 aromatic rings. The Morgan fingerprint density at radius 1 is 1.11 bits per heavy atom. The molecule has 1 aliphatic rings. The highest BCUT2D eigenvalue weighted by atomic mass is 32.1. The average molecular weight is 400 g/mol. The molecule has 0 bridgehead atoms. The molecule has 1 aromatic carbocycles. The number of nitrogens with zero attached hydrogens (tertiary/aromatic N) is 3. The summed E-state index contributed by atoms with van der Waals surface area (Å²) in [5.74, 6) is 0. The standard InChI is InChI=1S/C21H25N3OS2/c25-10-6-19-14-23(8-9-24(19)13-17-7-11-26-16-17)15-20-12-22-21(27-20)18-4-2-1-3-5-18/h1-5,7,11-12,16,19,25H,6,8-10,13-15H2. The molecule has 4 nitrogen and oxygen atoms in total. The average Bonchev–Trinajstić information content (AvgIpc) is 3.37. The van der Waals surface area contributed by atoms with Gasteiger partial charge in [-0.15, -0.1) is 11.3 Å². The summed E-state index contributed by atoms with van der Waals surface area (Å²) in [6, 6.07) is 13.0. The van der Waals surface area contributed by atoms with E-state index in [1.165, 1.54) is 16.0 Å². The molecule has 0 amide bonds. The number of thiazole rings is 1. The number of thiophene rings is 1. The van der Waals surface area contributed by atoms with Gasteiger partial charge < -0.3 is 5.11 Å². The minimum absolute atomic E-state index is 0.247. The molecule has 1 saturated heterocycles. The second-order valence-electron chi connectivity index (χ2n) is 7.00. The number of rotatable bonds is 7. The van der Waals surface area contributed by atoms with Crippen molar-refractivity contribution in [2.24, 2.45) is 0 Å². The van der Waals surface area contributed by atoms with Crippen LogP contribution >= 0.6 is 22.7 Å². The van der Waals surface area contributed by atoms with E-state index in [9.17, 15) is 5.11 Å². The molecule has 0 saturated carbocycles. The fourth-order valence-electron chi connectivity index (χ4n) is 3.66. The second-order valence-corrected chi connectivity index (χ2v) is 8.90. The van der Waals surface area contributed by atoms with Crippen molar-refractivity contribution < 1.29 is 5.11 Å². The van der Waals surface area contributed by atoms with Gasteiger partial charge in [0.1, 0.15) is 5.01 Å². The molecule has 1 unspecified atom stereocenters. The van der Waals surface area contributed by atoms with Crippen molar-refractivity contribution in [1.29, 1.82) is 0 Å². The zero-order valence-electron chi connectivity index (χ0n) is 15.3. The van der Waals surface area contributed by atoms with Crippen LogP contribution in [0.3, 0.4) is 0 Å². The SMILES string of the molecule is OCCC1CN(Cc2cnc(-c3ccccc3)s2)CCN1Cc1ccsc1. The van der Waals surface area contributed by atoms with E-state index in [2.05, 4.69) is 55.9 Å². The smallest absolute Gasteiger partial charge is 0.123 e. The Bertz CT molecular complexity index is 819. The van der Waals surface area contributed by atoms with Gasteiger partial charge in [0.2, 0.25) is 0 Å². The highest BCUT2D eigenvalue weighted by molar-refractivity contribution is 7.15. The number of aliphatic hydroxyl groups is 1. The third kappa shape index (κ3) is 4.83. The van der Waals surface area contributed by atoms with Gasteiger partial charge in [-0.2, -0.15) is 11.3 Å². The number of aliphatic hydroxyl groups excluding tert-OH is 1. The van der Waals surface area contributed by atoms with Crippen LogP contribution < -0.4 is 0 Å². The van der Waals surface area contributed by atoms with Gasteiger partial charge in [0, 0.05) is 62.0 Å². The Morgan fingerprint density at radius 3 is 2.78 bits per heavy atom. The fourth-order valence-corrected chi connectivity index (χ4v) is 5.28. The molecule has 27 heavy (non-hydrogen) atoms. The van der Waals surface area contributed by atoms with Gasteiger partial charge in [-0.05, 0) is 28.8 Å². The van der Waals surface area contributed by atoms with Crippen LogP contribution in [0, 0.1) is 0 Å². The van der Waals surface area contributed by atoms with Gasteiger partial charge in [-0.25, -0.2) is 4.98 Å². The molecule has 2 aromatic heterocycles. The zero-order valence-corrected chi connectivity index (χ0v) is 17.0. The molecule has 0 spiro atoms. The van der Waals surface area contributed by atoms with Gasteiger partial charge in [0.25, 0.3) is 0 Å². The monoisotopic (exact) mass is 399 g/mol. The fraction of sp³-hybridized carbons (Fsp3) is 0.381. The molecule has 1 atom stereocenters. The number of benzene rings is 1. The lowest BCUT2D eigenvalue weighted by Gasteiger charge is -2.41. The maximum Gasteiger partial charge on any atom is 0.123 e. The minimum Gasteiger partial charge on any atom is -0.396 e. The summed E-state index contributed by atoms with van der Waals surface area (Å²) >= 11 is 3.54. The maximum absolute atomic E-state index is 9.52. The van der Waals surface area contributed by atoms with Crippen molar-refractivity contribution in [2.75, 3.05) is 26.2 Å². The predicted molar refractivity (Wildman–Crippen MR) is 113 cm³/mol. The first-order chi connectivity index (χ1) is 13.3. The first-order valence-corrected chi connectivity index (χ1v) is 11.2. The lowest BCUT2D eigenvalue weighted by Crippen LogP contribution is -2.52. The Balaban J connectivity index is 1.38. The highest BCUT2D eigenvalue weighted by Gasteiger charge is 2.27. The molecular weight excluding hydrogens is 374 g/mol. The van der Waals surface area contributed by atoms with Crippen LogP contribution in [-0.2, 0) is 13.1 Å². The lowest BCUT2D eigenvalue weighted by atomic mass is 10.1. The molecule has 142 valence electrons. The van der Waals surface area contributed by atoms with Gasteiger partial charge in [0.15, 0.2) is 0 Å². The number of aromatic nitrogens is 1. The zero-order chi connectivity index (χ0) is 18.5. The molecule has 3 heterocycles. The quantitative estimate of drug-likeness (QED) is 0.653. The molecule has 1 fully saturated rings. The summed E-state index contributed by atoms with van der Waals surface area (Å²) in [7, 11) is 0. The summed E-state index contributed by atoms with van der Waals surface area (Å²) in [6.45, 7) is 5.29. The van der Waals surface area contributed by atoms with Crippen molar-refractivity contribution in [2.45, 2.75) is 25.6 Å². The van der Waals surface area contributed by atoms with Crippen LogP contribution in [0.5, 0.6) is 0 Å². The second kappa shape index (κ2) is 9.08. The molecular formula is C21H25N3OS2. The maximum atomic E-state index is 9.52. The van der Waals surface area contributed by atoms with Crippen molar-refractivity contribution >= 4 is 22.7 Å². The normalized spacial score (nSPS) is 18.8. The third-order valence-corrected chi connectivity index (χ3v) is 6.83. The van der Waals surface area contributed by atoms with E-state index in [4.69, 9.17) is 0 Å². The summed E-state index contributed by atoms with van der Waals surface area (Å²) in [5.41, 5.74) is 2.57. The van der Waals surface area contributed by atoms with Crippen LogP contribution in [0.1, 0.15) is 16.9 Å².